The first kappa shape index (κ1) is 19.8. The number of anilines is 1. The minimum atomic E-state index is -3.26. The molecule has 1 unspecified atom stereocenters. The molecule has 2 heterocycles. The van der Waals surface area contributed by atoms with E-state index in [1.54, 1.807) is 11.8 Å². The van der Waals surface area contributed by atoms with Gasteiger partial charge in [0.05, 0.1) is 11.7 Å². The van der Waals surface area contributed by atoms with Crippen LogP contribution in [-0.2, 0) is 26.2 Å². The molecule has 27 heavy (non-hydrogen) atoms. The van der Waals surface area contributed by atoms with Crippen LogP contribution in [0.2, 0.25) is 0 Å². The molecule has 1 aromatic carbocycles. The number of benzene rings is 1. The maximum Gasteiger partial charge on any atom is 0.227 e. The van der Waals surface area contributed by atoms with E-state index in [1.807, 2.05) is 24.3 Å². The van der Waals surface area contributed by atoms with E-state index in [0.29, 0.717) is 32.4 Å². The minimum Gasteiger partial charge on any atom is -0.352 e. The molecular formula is C19H27N3O4S. The van der Waals surface area contributed by atoms with Crippen molar-refractivity contribution in [1.82, 2.24) is 9.62 Å². The molecule has 3 rings (SSSR count). The quantitative estimate of drug-likeness (QED) is 0.793. The Morgan fingerprint density at radius 3 is 2.78 bits per heavy atom. The van der Waals surface area contributed by atoms with Crippen molar-refractivity contribution in [2.75, 3.05) is 30.3 Å². The summed E-state index contributed by atoms with van der Waals surface area (Å²) in [7, 11) is -3.26. The number of hydrogen-bond acceptors (Lipinski definition) is 4. The third-order valence-corrected chi connectivity index (χ3v) is 7.12. The molecule has 8 heteroatoms. The molecule has 1 N–H and O–H groups in total. The van der Waals surface area contributed by atoms with Crippen LogP contribution in [0.1, 0.15) is 38.2 Å². The lowest BCUT2D eigenvalue weighted by atomic mass is 9.98. The molecule has 0 radical (unpaired) electrons. The molecule has 0 aliphatic carbocycles. The fourth-order valence-corrected chi connectivity index (χ4v) is 4.86. The average molecular weight is 394 g/mol. The number of carbonyl (C=O) groups excluding carboxylic acids is 2. The van der Waals surface area contributed by atoms with E-state index >= 15 is 0 Å². The molecule has 0 aromatic heterocycles. The molecular weight excluding hydrogens is 366 g/mol. The van der Waals surface area contributed by atoms with Gasteiger partial charge in [0.1, 0.15) is 0 Å². The van der Waals surface area contributed by atoms with Gasteiger partial charge in [-0.2, -0.15) is 0 Å². The molecule has 0 bridgehead atoms. The zero-order valence-electron chi connectivity index (χ0n) is 15.7. The number of sulfonamides is 1. The van der Waals surface area contributed by atoms with Crippen molar-refractivity contribution in [3.63, 3.8) is 0 Å². The molecule has 148 valence electrons. The Morgan fingerprint density at radius 1 is 1.26 bits per heavy atom. The number of nitrogens with one attached hydrogen (secondary N) is 1. The summed E-state index contributed by atoms with van der Waals surface area (Å²) in [5, 5.41) is 2.92. The van der Waals surface area contributed by atoms with Crippen LogP contribution in [0.3, 0.4) is 0 Å². The first-order chi connectivity index (χ1) is 12.9. The Hall–Kier alpha value is -1.93. The molecule has 7 nitrogen and oxygen atoms in total. The maximum absolute atomic E-state index is 12.5. The Labute approximate surface area is 160 Å². The lowest BCUT2D eigenvalue weighted by molar-refractivity contribution is -0.126. The van der Waals surface area contributed by atoms with Crippen LogP contribution in [0.25, 0.3) is 0 Å². The maximum atomic E-state index is 12.5. The van der Waals surface area contributed by atoms with Crippen molar-refractivity contribution in [2.45, 2.75) is 39.2 Å². The van der Waals surface area contributed by atoms with Gasteiger partial charge >= 0.3 is 0 Å². The van der Waals surface area contributed by atoms with Crippen LogP contribution in [0.4, 0.5) is 5.69 Å². The molecule has 2 aliphatic heterocycles. The molecule has 2 amide bonds. The third kappa shape index (κ3) is 4.68. The van der Waals surface area contributed by atoms with Crippen LogP contribution in [-0.4, -0.2) is 49.9 Å². The first-order valence-corrected chi connectivity index (χ1v) is 11.2. The topological polar surface area (TPSA) is 86.8 Å². The Kier molecular flexibility index (Phi) is 6.16. The summed E-state index contributed by atoms with van der Waals surface area (Å²) >= 11 is 0. The van der Waals surface area contributed by atoms with E-state index in [1.165, 1.54) is 4.31 Å². The normalized spacial score (nSPS) is 21.4. The van der Waals surface area contributed by atoms with Gasteiger partial charge in [-0.1, -0.05) is 12.1 Å². The molecule has 2 aliphatic rings. The monoisotopic (exact) mass is 393 g/mol. The summed E-state index contributed by atoms with van der Waals surface area (Å²) in [6.07, 6.45) is 2.85. The lowest BCUT2D eigenvalue weighted by Crippen LogP contribution is -2.45. The van der Waals surface area contributed by atoms with Gasteiger partial charge in [0.15, 0.2) is 0 Å². The van der Waals surface area contributed by atoms with Gasteiger partial charge in [0, 0.05) is 38.3 Å². The van der Waals surface area contributed by atoms with E-state index in [-0.39, 0.29) is 30.0 Å². The highest BCUT2D eigenvalue weighted by atomic mass is 32.2. The summed E-state index contributed by atoms with van der Waals surface area (Å²) in [6.45, 7) is 3.47. The Balaban J connectivity index is 1.58. The standard InChI is InChI=1S/C19H27N3O4S/c1-2-27(25,26)21-10-4-7-16(14-21)19(24)20-13-15-6-3-8-17(12-15)22-11-5-9-18(22)23/h3,6,8,12,16H,2,4-5,7,9-11,13-14H2,1H3,(H,20,24). The van der Waals surface area contributed by atoms with Crippen molar-refractivity contribution < 1.29 is 18.0 Å². The largest absolute Gasteiger partial charge is 0.352 e. The minimum absolute atomic E-state index is 0.0589. The van der Waals surface area contributed by atoms with Gasteiger partial charge in [-0.15, -0.1) is 0 Å². The molecule has 2 fully saturated rings. The summed E-state index contributed by atoms with van der Waals surface area (Å²) in [5.41, 5.74) is 1.79. The predicted molar refractivity (Wildman–Crippen MR) is 104 cm³/mol. The smallest absolute Gasteiger partial charge is 0.227 e. The third-order valence-electron chi connectivity index (χ3n) is 5.28. The van der Waals surface area contributed by atoms with Crippen LogP contribution in [0, 0.1) is 5.92 Å². The van der Waals surface area contributed by atoms with Gasteiger partial charge in [-0.3, -0.25) is 9.59 Å². The van der Waals surface area contributed by atoms with Gasteiger partial charge in [-0.05, 0) is 43.9 Å². The number of nitrogens with zero attached hydrogens (tertiary/aromatic N) is 2. The molecule has 1 atom stereocenters. The zero-order valence-corrected chi connectivity index (χ0v) is 16.5. The second-order valence-corrected chi connectivity index (χ2v) is 9.39. The summed E-state index contributed by atoms with van der Waals surface area (Å²) in [6, 6.07) is 7.64. The summed E-state index contributed by atoms with van der Waals surface area (Å²) in [4.78, 5) is 26.2. The van der Waals surface area contributed by atoms with Gasteiger partial charge < -0.3 is 10.2 Å². The van der Waals surface area contributed by atoms with Crippen molar-refractivity contribution >= 4 is 27.5 Å². The lowest BCUT2D eigenvalue weighted by Gasteiger charge is -2.30. The van der Waals surface area contributed by atoms with Gasteiger partial charge in [-0.25, -0.2) is 12.7 Å². The van der Waals surface area contributed by atoms with Crippen molar-refractivity contribution in [3.8, 4) is 0 Å². The highest BCUT2D eigenvalue weighted by Crippen LogP contribution is 2.23. The zero-order chi connectivity index (χ0) is 19.4. The van der Waals surface area contributed by atoms with E-state index in [9.17, 15) is 18.0 Å². The summed E-state index contributed by atoms with van der Waals surface area (Å²) in [5.74, 6) is -0.240. The van der Waals surface area contributed by atoms with Gasteiger partial charge in [0.25, 0.3) is 0 Å². The SMILES string of the molecule is CCS(=O)(=O)N1CCCC(C(=O)NCc2cccc(N3CCCC3=O)c2)C1. The van der Waals surface area contributed by atoms with E-state index in [0.717, 1.165) is 24.2 Å². The van der Waals surface area contributed by atoms with Crippen LogP contribution in [0.5, 0.6) is 0 Å². The average Bonchev–Trinajstić information content (AvgIpc) is 3.12. The highest BCUT2D eigenvalue weighted by molar-refractivity contribution is 7.89. The summed E-state index contributed by atoms with van der Waals surface area (Å²) < 4.78 is 25.5. The van der Waals surface area contributed by atoms with Gasteiger partial charge in [0.2, 0.25) is 21.8 Å². The highest BCUT2D eigenvalue weighted by Gasteiger charge is 2.31. The number of amides is 2. The van der Waals surface area contributed by atoms with E-state index < -0.39 is 10.0 Å². The Bertz CT molecular complexity index is 809. The van der Waals surface area contributed by atoms with Crippen LogP contribution < -0.4 is 10.2 Å². The van der Waals surface area contributed by atoms with Crippen molar-refractivity contribution in [1.29, 1.82) is 0 Å². The fourth-order valence-electron chi connectivity index (χ4n) is 3.68. The number of piperidine rings is 1. The molecule has 0 saturated carbocycles. The fraction of sp³-hybridized carbons (Fsp3) is 0.579. The second kappa shape index (κ2) is 8.39. The molecule has 2 saturated heterocycles. The first-order valence-electron chi connectivity index (χ1n) is 9.55. The molecule has 1 aromatic rings. The van der Waals surface area contributed by atoms with Crippen LogP contribution >= 0.6 is 0 Å². The number of carbonyl (C=O) groups is 2. The van der Waals surface area contributed by atoms with Crippen LogP contribution in [0.15, 0.2) is 24.3 Å². The predicted octanol–water partition coefficient (Wildman–Crippen LogP) is 1.49. The van der Waals surface area contributed by atoms with Crippen molar-refractivity contribution in [2.24, 2.45) is 5.92 Å². The number of hydrogen-bond donors (Lipinski definition) is 1. The van der Waals surface area contributed by atoms with Crippen molar-refractivity contribution in [3.05, 3.63) is 29.8 Å². The van der Waals surface area contributed by atoms with E-state index in [4.69, 9.17) is 0 Å². The number of rotatable bonds is 6. The molecule has 0 spiro atoms. The van der Waals surface area contributed by atoms with E-state index in [2.05, 4.69) is 5.32 Å². The second-order valence-electron chi connectivity index (χ2n) is 7.13. The Morgan fingerprint density at radius 2 is 2.07 bits per heavy atom.